The van der Waals surface area contributed by atoms with Crippen LogP contribution in [-0.4, -0.2) is 10.2 Å². The SMILES string of the molecule is Nc1c(O)c(N)[n+]([O-])[n+]([O-])c1O. The molecule has 0 aliphatic carbocycles. The largest absolute Gasteiger partial charge is 0.657 e. The molecule has 0 amide bonds. The van der Waals surface area contributed by atoms with Crippen molar-refractivity contribution in [2.75, 3.05) is 11.5 Å². The van der Waals surface area contributed by atoms with Crippen LogP contribution in [0.2, 0.25) is 0 Å². The molecule has 0 radical (unpaired) electrons. The first kappa shape index (κ1) is 7.98. The Balaban J connectivity index is 3.60. The summed E-state index contributed by atoms with van der Waals surface area (Å²) in [5.41, 5.74) is 9.31. The molecule has 0 atom stereocenters. The molecule has 0 unspecified atom stereocenters. The predicted molar refractivity (Wildman–Crippen MR) is 36.5 cm³/mol. The van der Waals surface area contributed by atoms with Gasteiger partial charge in [0.15, 0.2) is 0 Å². The van der Waals surface area contributed by atoms with Gasteiger partial charge in [0, 0.05) is 9.69 Å². The van der Waals surface area contributed by atoms with Crippen molar-refractivity contribution in [3.63, 3.8) is 0 Å². The van der Waals surface area contributed by atoms with E-state index in [0.29, 0.717) is 0 Å². The third kappa shape index (κ3) is 0.779. The zero-order valence-electron chi connectivity index (χ0n) is 5.76. The molecule has 1 heterocycles. The van der Waals surface area contributed by atoms with Crippen LogP contribution in [0.3, 0.4) is 0 Å². The second-order valence-corrected chi connectivity index (χ2v) is 2.02. The summed E-state index contributed by atoms with van der Waals surface area (Å²) in [6.45, 7) is 0. The van der Waals surface area contributed by atoms with Crippen LogP contribution in [0.1, 0.15) is 0 Å². The molecule has 1 aromatic rings. The summed E-state index contributed by atoms with van der Waals surface area (Å²) < 4.78 is 0. The van der Waals surface area contributed by atoms with Gasteiger partial charge in [-0.15, -0.1) is 0 Å². The molecule has 0 aliphatic rings. The third-order valence-corrected chi connectivity index (χ3v) is 1.29. The van der Waals surface area contributed by atoms with Crippen LogP contribution >= 0.6 is 0 Å². The first-order valence-electron chi connectivity index (χ1n) is 2.79. The molecule has 0 fully saturated rings. The number of nitrogens with two attached hydrogens (primary N) is 2. The lowest BCUT2D eigenvalue weighted by molar-refractivity contribution is -1.18. The summed E-state index contributed by atoms with van der Waals surface area (Å²) in [7, 11) is 0. The highest BCUT2D eigenvalue weighted by Crippen LogP contribution is 2.28. The molecular weight excluding hydrogens is 168 g/mol. The van der Waals surface area contributed by atoms with E-state index in [-0.39, 0.29) is 0 Å². The van der Waals surface area contributed by atoms with E-state index in [1.807, 2.05) is 0 Å². The van der Waals surface area contributed by atoms with Gasteiger partial charge >= 0.3 is 11.7 Å². The number of aromatic nitrogens is 2. The van der Waals surface area contributed by atoms with E-state index >= 15 is 0 Å². The van der Waals surface area contributed by atoms with Crippen LogP contribution in [0.5, 0.6) is 11.6 Å². The van der Waals surface area contributed by atoms with E-state index in [4.69, 9.17) is 21.7 Å². The average molecular weight is 174 g/mol. The number of rotatable bonds is 0. The molecule has 0 bridgehead atoms. The Morgan fingerprint density at radius 3 is 2.08 bits per heavy atom. The van der Waals surface area contributed by atoms with Gasteiger partial charge in [-0.2, -0.15) is 0 Å². The highest BCUT2D eigenvalue weighted by molar-refractivity contribution is 5.63. The molecule has 6 N–H and O–H groups in total. The number of nitrogen functional groups attached to an aromatic ring is 2. The minimum atomic E-state index is -1.09. The van der Waals surface area contributed by atoms with Crippen LogP contribution in [0, 0.1) is 10.4 Å². The van der Waals surface area contributed by atoms with Crippen molar-refractivity contribution in [3.8, 4) is 11.6 Å². The normalized spacial score (nSPS) is 10.0. The zero-order chi connectivity index (χ0) is 9.46. The lowest BCUT2D eigenvalue weighted by Crippen LogP contribution is -2.61. The van der Waals surface area contributed by atoms with Crippen molar-refractivity contribution in [1.29, 1.82) is 0 Å². The zero-order valence-corrected chi connectivity index (χ0v) is 5.76. The molecule has 12 heavy (non-hydrogen) atoms. The van der Waals surface area contributed by atoms with Crippen LogP contribution in [0.15, 0.2) is 0 Å². The molecule has 0 aromatic carbocycles. The van der Waals surface area contributed by atoms with Crippen molar-refractivity contribution in [2.45, 2.75) is 0 Å². The summed E-state index contributed by atoms with van der Waals surface area (Å²) in [6.07, 6.45) is 0. The van der Waals surface area contributed by atoms with Crippen LogP contribution in [-0.2, 0) is 0 Å². The summed E-state index contributed by atoms with van der Waals surface area (Å²) in [5, 5.41) is 38.9. The number of anilines is 2. The van der Waals surface area contributed by atoms with Crippen molar-refractivity contribution >= 4 is 11.5 Å². The van der Waals surface area contributed by atoms with Gasteiger partial charge < -0.3 is 26.4 Å². The molecule has 0 saturated carbocycles. The van der Waals surface area contributed by atoms with Crippen molar-refractivity contribution in [2.24, 2.45) is 0 Å². The van der Waals surface area contributed by atoms with Crippen molar-refractivity contribution < 1.29 is 19.9 Å². The summed E-state index contributed by atoms with van der Waals surface area (Å²) >= 11 is 0. The molecule has 0 aliphatic heterocycles. The first-order valence-corrected chi connectivity index (χ1v) is 2.79. The second-order valence-electron chi connectivity index (χ2n) is 2.02. The fourth-order valence-electron chi connectivity index (χ4n) is 0.621. The average Bonchev–Trinajstić information content (AvgIpc) is 2.08. The highest BCUT2D eigenvalue weighted by atomic mass is 16.6. The Labute approximate surface area is 66.0 Å². The van der Waals surface area contributed by atoms with E-state index in [1.165, 1.54) is 0 Å². The molecular formula is C4H6N4O4. The Morgan fingerprint density at radius 1 is 1.08 bits per heavy atom. The van der Waals surface area contributed by atoms with Gasteiger partial charge in [-0.3, -0.25) is 5.73 Å². The van der Waals surface area contributed by atoms with E-state index in [9.17, 15) is 10.4 Å². The maximum absolute atomic E-state index is 10.6. The van der Waals surface area contributed by atoms with Gasteiger partial charge in [0.2, 0.25) is 11.4 Å². The topological polar surface area (TPSA) is 146 Å². The fourth-order valence-corrected chi connectivity index (χ4v) is 0.621. The van der Waals surface area contributed by atoms with Crippen LogP contribution in [0.25, 0.3) is 0 Å². The maximum Gasteiger partial charge on any atom is 0.448 e. The van der Waals surface area contributed by atoms with Crippen molar-refractivity contribution in [3.05, 3.63) is 10.4 Å². The summed E-state index contributed by atoms with van der Waals surface area (Å²) in [4.78, 5) is -0.911. The fraction of sp³-hybridized carbons (Fsp3) is 0. The van der Waals surface area contributed by atoms with E-state index in [2.05, 4.69) is 0 Å². The smallest absolute Gasteiger partial charge is 0.448 e. The van der Waals surface area contributed by atoms with Gasteiger partial charge in [0.1, 0.15) is 0 Å². The lowest BCUT2D eigenvalue weighted by Gasteiger charge is -2.07. The Bertz CT molecular complexity index is 233. The highest BCUT2D eigenvalue weighted by Gasteiger charge is 2.25. The maximum atomic E-state index is 10.6. The second kappa shape index (κ2) is 2.19. The summed E-state index contributed by atoms with van der Waals surface area (Å²) in [6, 6.07) is 0. The van der Waals surface area contributed by atoms with Gasteiger partial charge in [-0.25, -0.2) is 0 Å². The van der Waals surface area contributed by atoms with Gasteiger partial charge in [0.05, 0.1) is 0 Å². The molecule has 8 heteroatoms. The minimum absolute atomic E-state index is 0.430. The molecule has 0 saturated heterocycles. The Morgan fingerprint density at radius 2 is 1.58 bits per heavy atom. The molecule has 66 valence electrons. The van der Waals surface area contributed by atoms with Crippen molar-refractivity contribution in [1.82, 2.24) is 0 Å². The molecule has 1 rings (SSSR count). The quantitative estimate of drug-likeness (QED) is 0.253. The van der Waals surface area contributed by atoms with Gasteiger partial charge in [0.25, 0.3) is 0 Å². The van der Waals surface area contributed by atoms with E-state index < -0.39 is 32.8 Å². The summed E-state index contributed by atoms with van der Waals surface area (Å²) in [5.74, 6) is -2.66. The van der Waals surface area contributed by atoms with Gasteiger partial charge in [-0.1, -0.05) is 0 Å². The number of nitrogens with zero attached hydrogens (tertiary/aromatic N) is 2. The third-order valence-electron chi connectivity index (χ3n) is 1.29. The van der Waals surface area contributed by atoms with E-state index in [1.54, 1.807) is 0 Å². The molecule has 1 aromatic heterocycles. The molecule has 8 nitrogen and oxygen atoms in total. The lowest BCUT2D eigenvalue weighted by atomic mass is 10.4. The number of aromatic hydroxyl groups is 2. The standard InChI is InChI=1S/C4H6N4O4/c5-1-2(9)3(6)7(11)8(12)4(1)10/h9-10H,5-6H2. The van der Waals surface area contributed by atoms with Gasteiger partial charge in [-0.05, 0) is 0 Å². The monoisotopic (exact) mass is 174 g/mol. The predicted octanol–water partition coefficient (Wildman–Crippen LogP) is -2.47. The molecule has 0 spiro atoms. The van der Waals surface area contributed by atoms with E-state index in [0.717, 1.165) is 0 Å². The number of hydrogen-bond donors (Lipinski definition) is 4. The van der Waals surface area contributed by atoms with Crippen LogP contribution < -0.4 is 21.2 Å². The van der Waals surface area contributed by atoms with Crippen LogP contribution in [0.4, 0.5) is 11.5 Å². The minimum Gasteiger partial charge on any atom is -0.657 e. The Hall–Kier alpha value is -2.12. The first-order chi connectivity index (χ1) is 5.46. The Kier molecular flexibility index (Phi) is 1.45. The number of hydrogen-bond acceptors (Lipinski definition) is 6.